The van der Waals surface area contributed by atoms with E-state index in [-0.39, 0.29) is 17.9 Å². The van der Waals surface area contributed by atoms with Crippen LogP contribution < -0.4 is 4.74 Å². The van der Waals surface area contributed by atoms with E-state index in [9.17, 15) is 14.9 Å². The first-order chi connectivity index (χ1) is 7.95. The maximum atomic E-state index is 10.7. The van der Waals surface area contributed by atoms with Crippen molar-refractivity contribution in [1.29, 1.82) is 0 Å². The van der Waals surface area contributed by atoms with Crippen molar-refractivity contribution in [3.63, 3.8) is 0 Å². The second-order valence-corrected chi connectivity index (χ2v) is 3.80. The Bertz CT molecular complexity index is 448. The number of carboxylic acids is 1. The van der Waals surface area contributed by atoms with Crippen molar-refractivity contribution >= 4 is 23.3 Å². The summed E-state index contributed by atoms with van der Waals surface area (Å²) in [5.74, 6) is -1.04. The molecule has 7 heteroatoms. The third-order valence-electron chi connectivity index (χ3n) is 2.12. The van der Waals surface area contributed by atoms with Crippen molar-refractivity contribution < 1.29 is 19.6 Å². The first-order valence-corrected chi connectivity index (χ1v) is 5.07. The number of carbonyl (C=O) groups is 1. The number of aliphatic carboxylic acids is 1. The van der Waals surface area contributed by atoms with Crippen molar-refractivity contribution in [2.24, 2.45) is 0 Å². The molecule has 1 aromatic rings. The Morgan fingerprint density at radius 3 is 2.76 bits per heavy atom. The number of carboxylic acid groups (broad SMARTS) is 1. The van der Waals surface area contributed by atoms with Crippen LogP contribution in [0.5, 0.6) is 5.75 Å². The minimum absolute atomic E-state index is 0.0156. The monoisotopic (exact) mass is 259 g/mol. The van der Waals surface area contributed by atoms with Gasteiger partial charge in [0.2, 0.25) is 0 Å². The van der Waals surface area contributed by atoms with E-state index in [0.717, 1.165) is 0 Å². The zero-order chi connectivity index (χ0) is 13.0. The van der Waals surface area contributed by atoms with Gasteiger partial charge in [-0.15, -0.1) is 11.6 Å². The number of hydrogen-bond donors (Lipinski definition) is 1. The van der Waals surface area contributed by atoms with Crippen LogP contribution in [0.25, 0.3) is 0 Å². The summed E-state index contributed by atoms with van der Waals surface area (Å²) < 4.78 is 4.82. The number of nitro groups is 1. The number of halogens is 1. The Kier molecular flexibility index (Phi) is 4.28. The molecule has 1 rings (SSSR count). The second kappa shape index (κ2) is 5.49. The van der Waals surface area contributed by atoms with Gasteiger partial charge in [0, 0.05) is 6.07 Å². The van der Waals surface area contributed by atoms with E-state index in [1.807, 2.05) is 0 Å². The maximum Gasteiger partial charge on any atom is 0.321 e. The van der Waals surface area contributed by atoms with Crippen LogP contribution in [0, 0.1) is 10.1 Å². The molecule has 0 amide bonds. The first kappa shape index (κ1) is 13.2. The lowest BCUT2D eigenvalue weighted by Gasteiger charge is -2.06. The predicted octanol–water partition coefficient (Wildman–Crippen LogP) is 1.84. The molecule has 0 spiro atoms. The van der Waals surface area contributed by atoms with Crippen molar-refractivity contribution in [3.05, 3.63) is 33.9 Å². The van der Waals surface area contributed by atoms with E-state index in [0.29, 0.717) is 5.56 Å². The molecule has 0 bridgehead atoms. The molecular formula is C10H10ClNO5. The molecule has 0 heterocycles. The Balaban J connectivity index is 3.00. The Labute approximate surface area is 102 Å². The highest BCUT2D eigenvalue weighted by atomic mass is 35.5. The molecule has 0 saturated heterocycles. The van der Waals surface area contributed by atoms with Crippen LogP contribution in [0.1, 0.15) is 5.56 Å². The summed E-state index contributed by atoms with van der Waals surface area (Å²) in [6.07, 6.45) is 0.0156. The van der Waals surface area contributed by atoms with E-state index in [1.165, 1.54) is 19.2 Å². The average molecular weight is 260 g/mol. The number of nitrogens with zero attached hydrogens (tertiary/aromatic N) is 1. The highest BCUT2D eigenvalue weighted by molar-refractivity contribution is 6.29. The number of hydrogen-bond acceptors (Lipinski definition) is 4. The SMILES string of the molecule is COc1ccc(C[C@H](Cl)C(=O)O)cc1[N+](=O)[O-]. The van der Waals surface area contributed by atoms with Gasteiger partial charge in [-0.3, -0.25) is 14.9 Å². The lowest BCUT2D eigenvalue weighted by Crippen LogP contribution is -2.16. The molecule has 1 atom stereocenters. The molecule has 0 unspecified atom stereocenters. The summed E-state index contributed by atoms with van der Waals surface area (Å²) in [4.78, 5) is 20.7. The fourth-order valence-corrected chi connectivity index (χ4v) is 1.48. The summed E-state index contributed by atoms with van der Waals surface area (Å²) in [5.41, 5.74) is 0.263. The van der Waals surface area contributed by atoms with Crippen LogP contribution in [-0.4, -0.2) is 28.5 Å². The Morgan fingerprint density at radius 1 is 1.65 bits per heavy atom. The lowest BCUT2D eigenvalue weighted by molar-refractivity contribution is -0.385. The minimum Gasteiger partial charge on any atom is -0.490 e. The number of methoxy groups -OCH3 is 1. The molecule has 0 aliphatic rings. The van der Waals surface area contributed by atoms with Crippen LogP contribution in [-0.2, 0) is 11.2 Å². The molecule has 1 aromatic carbocycles. The van der Waals surface area contributed by atoms with Crippen molar-refractivity contribution in [2.45, 2.75) is 11.8 Å². The van der Waals surface area contributed by atoms with Crippen LogP contribution in [0.4, 0.5) is 5.69 Å². The summed E-state index contributed by atoms with van der Waals surface area (Å²) in [7, 11) is 1.32. The second-order valence-electron chi connectivity index (χ2n) is 3.27. The zero-order valence-corrected chi connectivity index (χ0v) is 9.68. The molecule has 17 heavy (non-hydrogen) atoms. The zero-order valence-electron chi connectivity index (χ0n) is 8.92. The van der Waals surface area contributed by atoms with Gasteiger partial charge in [-0.2, -0.15) is 0 Å². The van der Waals surface area contributed by atoms with Crippen LogP contribution in [0.15, 0.2) is 18.2 Å². The van der Waals surface area contributed by atoms with Gasteiger partial charge in [0.1, 0.15) is 5.38 Å². The van der Waals surface area contributed by atoms with Gasteiger partial charge in [-0.25, -0.2) is 0 Å². The van der Waals surface area contributed by atoms with Crippen molar-refractivity contribution in [3.8, 4) is 5.75 Å². The summed E-state index contributed by atoms with van der Waals surface area (Å²) in [6.45, 7) is 0. The van der Waals surface area contributed by atoms with Gasteiger partial charge in [0.05, 0.1) is 12.0 Å². The number of rotatable bonds is 5. The molecule has 1 N–H and O–H groups in total. The number of alkyl halides is 1. The van der Waals surface area contributed by atoms with Crippen molar-refractivity contribution in [2.75, 3.05) is 7.11 Å². The molecule has 0 saturated carbocycles. The van der Waals surface area contributed by atoms with Crippen LogP contribution in [0.2, 0.25) is 0 Å². The van der Waals surface area contributed by atoms with Gasteiger partial charge < -0.3 is 9.84 Å². The smallest absolute Gasteiger partial charge is 0.321 e. The van der Waals surface area contributed by atoms with Gasteiger partial charge in [-0.1, -0.05) is 6.07 Å². The first-order valence-electron chi connectivity index (χ1n) is 4.64. The minimum atomic E-state index is -1.16. The van der Waals surface area contributed by atoms with E-state index in [2.05, 4.69) is 0 Å². The topological polar surface area (TPSA) is 89.7 Å². The molecule has 0 radical (unpaired) electrons. The number of benzene rings is 1. The molecule has 0 aliphatic heterocycles. The van der Waals surface area contributed by atoms with Gasteiger partial charge in [0.15, 0.2) is 5.75 Å². The fourth-order valence-electron chi connectivity index (χ4n) is 1.30. The highest BCUT2D eigenvalue weighted by Gasteiger charge is 2.19. The van der Waals surface area contributed by atoms with Crippen LogP contribution >= 0.6 is 11.6 Å². The molecule has 0 aromatic heterocycles. The Hall–Kier alpha value is -1.82. The Morgan fingerprint density at radius 2 is 2.29 bits per heavy atom. The number of nitro benzene ring substituents is 1. The largest absolute Gasteiger partial charge is 0.490 e. The molecule has 92 valence electrons. The molecular weight excluding hydrogens is 250 g/mol. The third kappa shape index (κ3) is 3.32. The van der Waals surface area contributed by atoms with E-state index in [1.54, 1.807) is 6.07 Å². The van der Waals surface area contributed by atoms with E-state index < -0.39 is 16.3 Å². The van der Waals surface area contributed by atoms with Gasteiger partial charge in [0.25, 0.3) is 0 Å². The van der Waals surface area contributed by atoms with E-state index in [4.69, 9.17) is 21.4 Å². The quantitative estimate of drug-likeness (QED) is 0.495. The molecule has 0 fully saturated rings. The predicted molar refractivity (Wildman–Crippen MR) is 60.6 cm³/mol. The van der Waals surface area contributed by atoms with Gasteiger partial charge >= 0.3 is 11.7 Å². The molecule has 0 aliphatic carbocycles. The summed E-state index contributed by atoms with van der Waals surface area (Å²) >= 11 is 5.56. The van der Waals surface area contributed by atoms with Crippen molar-refractivity contribution in [1.82, 2.24) is 0 Å². The van der Waals surface area contributed by atoms with Crippen LogP contribution in [0.3, 0.4) is 0 Å². The maximum absolute atomic E-state index is 10.7. The molecule has 6 nitrogen and oxygen atoms in total. The van der Waals surface area contributed by atoms with E-state index >= 15 is 0 Å². The normalized spacial score (nSPS) is 11.9. The number of ether oxygens (including phenoxy) is 1. The lowest BCUT2D eigenvalue weighted by atomic mass is 10.1. The van der Waals surface area contributed by atoms with Gasteiger partial charge in [-0.05, 0) is 18.1 Å². The summed E-state index contributed by atoms with van der Waals surface area (Å²) in [6, 6.07) is 4.22. The average Bonchev–Trinajstić information content (AvgIpc) is 2.28. The standard InChI is InChI=1S/C10H10ClNO5/c1-17-9-3-2-6(4-7(11)10(13)14)5-8(9)12(15)16/h2-3,5,7H,4H2,1H3,(H,13,14)/t7-/m0/s1. The fraction of sp³-hybridized carbons (Fsp3) is 0.300. The highest BCUT2D eigenvalue weighted by Crippen LogP contribution is 2.28. The summed E-state index contributed by atoms with van der Waals surface area (Å²) in [5, 5.41) is 18.3. The third-order valence-corrected chi connectivity index (χ3v) is 2.46.